The van der Waals surface area contributed by atoms with Crippen molar-refractivity contribution in [3.63, 3.8) is 0 Å². The average molecular weight is 504 g/mol. The molecule has 0 aliphatic heterocycles. The van der Waals surface area contributed by atoms with E-state index in [1.54, 1.807) is 60.2 Å². The minimum atomic E-state index is -1.24. The molecule has 0 atom stereocenters. The molecule has 2 N–H and O–H groups in total. The molecule has 3 aromatic carbocycles. The van der Waals surface area contributed by atoms with E-state index in [1.165, 1.54) is 21.3 Å². The van der Waals surface area contributed by atoms with Crippen molar-refractivity contribution >= 4 is 5.97 Å². The third-order valence-electron chi connectivity index (χ3n) is 6.36. The Bertz CT molecular complexity index is 1350. The highest BCUT2D eigenvalue weighted by atomic mass is 16.7. The highest BCUT2D eigenvalue weighted by molar-refractivity contribution is 6.01. The van der Waals surface area contributed by atoms with Crippen molar-refractivity contribution in [1.29, 1.82) is 0 Å². The fraction of sp³-hybridized carbons (Fsp3) is 0.207. The van der Waals surface area contributed by atoms with E-state index in [1.807, 2.05) is 30.5 Å². The summed E-state index contributed by atoms with van der Waals surface area (Å²) in [6, 6.07) is 20.6. The summed E-state index contributed by atoms with van der Waals surface area (Å²) in [5, 5.41) is 19.7. The number of esters is 1. The van der Waals surface area contributed by atoms with Gasteiger partial charge in [0.1, 0.15) is 22.9 Å². The number of hydrogen-bond acceptors (Lipinski definition) is 7. The van der Waals surface area contributed by atoms with E-state index in [-0.39, 0.29) is 23.7 Å². The molecule has 37 heavy (non-hydrogen) atoms. The molecule has 0 unspecified atom stereocenters. The Balaban J connectivity index is 1.95. The highest BCUT2D eigenvalue weighted by Gasteiger charge is 2.36. The predicted octanol–water partition coefficient (Wildman–Crippen LogP) is 5.17. The first-order chi connectivity index (χ1) is 17.9. The van der Waals surface area contributed by atoms with Crippen molar-refractivity contribution in [2.75, 3.05) is 28.4 Å². The van der Waals surface area contributed by atoms with E-state index < -0.39 is 11.8 Å². The quantitative estimate of drug-likeness (QED) is 0.240. The molecule has 1 aromatic heterocycles. The molecule has 8 nitrogen and oxygen atoms in total. The van der Waals surface area contributed by atoms with E-state index >= 15 is 0 Å². The lowest BCUT2D eigenvalue weighted by molar-refractivity contribution is -0.224. The molecule has 1 heterocycles. The Labute approximate surface area is 215 Å². The molecule has 0 amide bonds. The second-order valence-corrected chi connectivity index (χ2v) is 8.37. The lowest BCUT2D eigenvalue weighted by Crippen LogP contribution is -2.36. The number of ether oxygens (including phenoxy) is 4. The van der Waals surface area contributed by atoms with Gasteiger partial charge in [0, 0.05) is 37.1 Å². The minimum Gasteiger partial charge on any atom is -0.508 e. The summed E-state index contributed by atoms with van der Waals surface area (Å²) >= 11 is 0. The van der Waals surface area contributed by atoms with Gasteiger partial charge in [-0.15, -0.1) is 0 Å². The van der Waals surface area contributed by atoms with Gasteiger partial charge < -0.3 is 33.7 Å². The van der Waals surface area contributed by atoms with Crippen LogP contribution in [0.15, 0.2) is 79.0 Å². The summed E-state index contributed by atoms with van der Waals surface area (Å²) in [6.45, 7) is 0.111. The zero-order valence-electron chi connectivity index (χ0n) is 21.1. The number of phenols is 2. The van der Waals surface area contributed by atoms with Crippen LogP contribution in [0.5, 0.6) is 17.2 Å². The van der Waals surface area contributed by atoms with Gasteiger partial charge in [-0.2, -0.15) is 0 Å². The molecule has 8 heteroatoms. The molecular weight excluding hydrogens is 474 g/mol. The fourth-order valence-electron chi connectivity index (χ4n) is 4.39. The molecular formula is C29H29NO7. The number of carbonyl (C=O) groups excluding carboxylic acids is 1. The topological polar surface area (TPSA) is 99.4 Å². The standard InChI is InChI=1S/C29H29NO7/c1-34-24-15-9-21(10-16-24)29(36-3,37-4)18-30-17-25(19-5-11-22(31)12-6-19)26(27(30)28(33)35-2)20-7-13-23(32)14-8-20/h5-17,31-32H,18H2,1-4H3. The molecule has 0 bridgehead atoms. The zero-order valence-corrected chi connectivity index (χ0v) is 21.1. The van der Waals surface area contributed by atoms with Crippen LogP contribution in [0.1, 0.15) is 16.1 Å². The Morgan fingerprint density at radius 2 is 1.32 bits per heavy atom. The van der Waals surface area contributed by atoms with Crippen LogP contribution in [-0.4, -0.2) is 49.2 Å². The maximum absolute atomic E-state index is 13.2. The van der Waals surface area contributed by atoms with Crippen molar-refractivity contribution in [2.45, 2.75) is 12.3 Å². The van der Waals surface area contributed by atoms with Crippen LogP contribution in [-0.2, 0) is 26.5 Å². The zero-order chi connectivity index (χ0) is 26.6. The van der Waals surface area contributed by atoms with Gasteiger partial charge in [-0.1, -0.05) is 24.3 Å². The number of aromatic nitrogens is 1. The van der Waals surface area contributed by atoms with Crippen LogP contribution >= 0.6 is 0 Å². The van der Waals surface area contributed by atoms with Gasteiger partial charge in [-0.25, -0.2) is 4.79 Å². The molecule has 0 spiro atoms. The molecule has 0 fully saturated rings. The number of benzene rings is 3. The lowest BCUT2D eigenvalue weighted by atomic mass is 9.96. The summed E-state index contributed by atoms with van der Waals surface area (Å²) in [4.78, 5) is 13.2. The van der Waals surface area contributed by atoms with Crippen molar-refractivity contribution in [2.24, 2.45) is 0 Å². The largest absolute Gasteiger partial charge is 0.508 e. The Morgan fingerprint density at radius 1 is 0.784 bits per heavy atom. The van der Waals surface area contributed by atoms with Gasteiger partial charge in [0.25, 0.3) is 0 Å². The van der Waals surface area contributed by atoms with E-state index in [2.05, 4.69) is 0 Å². The van der Waals surface area contributed by atoms with E-state index in [4.69, 9.17) is 18.9 Å². The third-order valence-corrected chi connectivity index (χ3v) is 6.36. The number of rotatable bonds is 9. The van der Waals surface area contributed by atoms with E-state index in [9.17, 15) is 15.0 Å². The number of hydrogen-bond donors (Lipinski definition) is 2. The molecule has 0 aliphatic rings. The second kappa shape index (κ2) is 10.8. The summed E-state index contributed by atoms with van der Waals surface area (Å²) < 4.78 is 24.0. The number of aromatic hydroxyl groups is 2. The van der Waals surface area contributed by atoms with E-state index in [0.717, 1.165) is 16.7 Å². The van der Waals surface area contributed by atoms with Crippen LogP contribution in [0.3, 0.4) is 0 Å². The van der Waals surface area contributed by atoms with Crippen molar-refractivity contribution in [3.8, 4) is 39.5 Å². The molecule has 192 valence electrons. The lowest BCUT2D eigenvalue weighted by Gasteiger charge is -2.32. The summed E-state index contributed by atoms with van der Waals surface area (Å²) in [6.07, 6.45) is 1.83. The fourth-order valence-corrected chi connectivity index (χ4v) is 4.39. The summed E-state index contributed by atoms with van der Waals surface area (Å²) in [5.74, 6) is -0.882. The maximum Gasteiger partial charge on any atom is 0.355 e. The van der Waals surface area contributed by atoms with Gasteiger partial charge in [-0.3, -0.25) is 0 Å². The van der Waals surface area contributed by atoms with E-state index in [0.29, 0.717) is 16.9 Å². The Hall–Kier alpha value is -4.27. The number of carbonyl (C=O) groups is 1. The number of nitrogens with zero attached hydrogens (tertiary/aromatic N) is 1. The van der Waals surface area contributed by atoms with Crippen LogP contribution in [0.2, 0.25) is 0 Å². The van der Waals surface area contributed by atoms with Crippen molar-refractivity contribution in [1.82, 2.24) is 4.57 Å². The smallest absolute Gasteiger partial charge is 0.355 e. The summed E-state index contributed by atoms with van der Waals surface area (Å²) in [5.41, 5.74) is 3.80. The van der Waals surface area contributed by atoms with Crippen LogP contribution < -0.4 is 4.74 Å². The van der Waals surface area contributed by atoms with Gasteiger partial charge in [0.2, 0.25) is 5.79 Å². The monoisotopic (exact) mass is 503 g/mol. The first-order valence-electron chi connectivity index (χ1n) is 11.5. The van der Waals surface area contributed by atoms with Gasteiger partial charge in [-0.05, 0) is 59.7 Å². The normalized spacial score (nSPS) is 11.4. The molecule has 0 aliphatic carbocycles. The molecule has 0 saturated carbocycles. The number of methoxy groups -OCH3 is 4. The van der Waals surface area contributed by atoms with Crippen LogP contribution in [0, 0.1) is 0 Å². The average Bonchev–Trinajstić information content (AvgIpc) is 3.31. The van der Waals surface area contributed by atoms with Crippen molar-refractivity contribution < 1.29 is 34.0 Å². The Morgan fingerprint density at radius 3 is 1.81 bits per heavy atom. The van der Waals surface area contributed by atoms with Crippen LogP contribution in [0.25, 0.3) is 22.3 Å². The third kappa shape index (κ3) is 5.02. The SMILES string of the molecule is COC(=O)c1c(-c2ccc(O)cc2)c(-c2ccc(O)cc2)cn1CC(OC)(OC)c1ccc(OC)cc1. The minimum absolute atomic E-state index is 0.103. The summed E-state index contributed by atoms with van der Waals surface area (Å²) in [7, 11) is 5.99. The molecule has 4 rings (SSSR count). The maximum atomic E-state index is 13.2. The highest BCUT2D eigenvalue weighted by Crippen LogP contribution is 2.40. The first kappa shape index (κ1) is 25.8. The Kier molecular flexibility index (Phi) is 7.52. The van der Waals surface area contributed by atoms with Crippen LogP contribution in [0.4, 0.5) is 0 Å². The van der Waals surface area contributed by atoms with Gasteiger partial charge in [0.15, 0.2) is 0 Å². The molecule has 4 aromatic rings. The van der Waals surface area contributed by atoms with Crippen molar-refractivity contribution in [3.05, 3.63) is 90.3 Å². The molecule has 0 radical (unpaired) electrons. The first-order valence-corrected chi connectivity index (χ1v) is 11.5. The van der Waals surface area contributed by atoms with Gasteiger partial charge in [0.05, 0.1) is 20.8 Å². The second-order valence-electron chi connectivity index (χ2n) is 8.37. The predicted molar refractivity (Wildman–Crippen MR) is 139 cm³/mol. The molecule has 0 saturated heterocycles. The number of phenolic OH excluding ortho intramolecular Hbond substituents is 2. The van der Waals surface area contributed by atoms with Gasteiger partial charge >= 0.3 is 5.97 Å².